The number of ketones is 1. The molecule has 1 atom stereocenters. The first kappa shape index (κ1) is 24.4. The van der Waals surface area contributed by atoms with Crippen LogP contribution in [0.5, 0.6) is 0 Å². The monoisotopic (exact) mass is 534 g/mol. The number of carbonyl (C=O) groups excluding carboxylic acids is 2. The number of aromatic nitrogens is 3. The second-order valence-corrected chi connectivity index (χ2v) is 11.7. The Morgan fingerprint density at radius 1 is 1.03 bits per heavy atom. The third kappa shape index (κ3) is 4.59. The molecule has 0 aliphatic carbocycles. The largest absolute Gasteiger partial charge is 0.503 e. The van der Waals surface area contributed by atoms with Crippen LogP contribution in [-0.4, -0.2) is 32.0 Å². The van der Waals surface area contributed by atoms with Crippen molar-refractivity contribution in [3.63, 3.8) is 0 Å². The molecule has 1 amide bonds. The second kappa shape index (κ2) is 9.96. The van der Waals surface area contributed by atoms with Gasteiger partial charge in [-0.1, -0.05) is 83.3 Å². The summed E-state index contributed by atoms with van der Waals surface area (Å²) >= 11 is 4.03. The van der Waals surface area contributed by atoms with Crippen molar-refractivity contribution in [2.45, 2.75) is 36.9 Å². The standard InChI is InChI=1S/C26H22N4O3S3/c1-14-9-11-18(12-10-14)20-19(21(31)23-15(2)27-16(3)35-23)22(32)24(33)30(20)25-28-29-26(36-25)34-13-17-7-5-4-6-8-17/h4-12,20,32H,13H2,1-3H3. The van der Waals surface area contributed by atoms with Crippen molar-refractivity contribution < 1.29 is 14.7 Å². The van der Waals surface area contributed by atoms with Gasteiger partial charge in [0, 0.05) is 5.75 Å². The Labute approximate surface area is 220 Å². The third-order valence-electron chi connectivity index (χ3n) is 5.76. The van der Waals surface area contributed by atoms with E-state index < -0.39 is 23.5 Å². The number of aryl methyl sites for hydroxylation is 3. The van der Waals surface area contributed by atoms with Gasteiger partial charge in [0.05, 0.1) is 27.2 Å². The van der Waals surface area contributed by atoms with Gasteiger partial charge in [-0.05, 0) is 31.9 Å². The molecule has 1 aliphatic rings. The number of thioether (sulfide) groups is 1. The topological polar surface area (TPSA) is 96.3 Å². The van der Waals surface area contributed by atoms with Crippen LogP contribution in [0.1, 0.15) is 43.1 Å². The molecule has 5 rings (SSSR count). The van der Waals surface area contributed by atoms with Gasteiger partial charge in [-0.3, -0.25) is 14.5 Å². The van der Waals surface area contributed by atoms with Gasteiger partial charge in [-0.2, -0.15) is 0 Å². The summed E-state index contributed by atoms with van der Waals surface area (Å²) in [7, 11) is 0. The zero-order chi connectivity index (χ0) is 25.4. The van der Waals surface area contributed by atoms with Gasteiger partial charge >= 0.3 is 0 Å². The molecular formula is C26H22N4O3S3. The van der Waals surface area contributed by atoms with Gasteiger partial charge in [0.1, 0.15) is 0 Å². The fraction of sp³-hybridized carbons (Fsp3) is 0.192. The number of carbonyl (C=O) groups is 2. The first-order chi connectivity index (χ1) is 17.3. The maximum Gasteiger partial charge on any atom is 0.296 e. The molecule has 2 aromatic heterocycles. The lowest BCUT2D eigenvalue weighted by Crippen LogP contribution is -2.31. The summed E-state index contributed by atoms with van der Waals surface area (Å²) in [5.74, 6) is -0.925. The maximum absolute atomic E-state index is 13.7. The molecule has 0 saturated carbocycles. The highest BCUT2D eigenvalue weighted by molar-refractivity contribution is 8.00. The molecule has 1 unspecified atom stereocenters. The summed E-state index contributed by atoms with van der Waals surface area (Å²) in [5.41, 5.74) is 3.50. The quantitative estimate of drug-likeness (QED) is 0.177. The number of benzene rings is 2. The molecule has 10 heteroatoms. The zero-order valence-electron chi connectivity index (χ0n) is 19.8. The molecule has 1 N–H and O–H groups in total. The average molecular weight is 535 g/mol. The van der Waals surface area contributed by atoms with Gasteiger partial charge in [-0.15, -0.1) is 21.5 Å². The van der Waals surface area contributed by atoms with Crippen LogP contribution in [0, 0.1) is 20.8 Å². The molecular weight excluding hydrogens is 513 g/mol. The van der Waals surface area contributed by atoms with E-state index in [2.05, 4.69) is 15.2 Å². The highest BCUT2D eigenvalue weighted by Gasteiger charge is 2.46. The lowest BCUT2D eigenvalue weighted by Gasteiger charge is -2.24. The molecule has 36 heavy (non-hydrogen) atoms. The van der Waals surface area contributed by atoms with Crippen molar-refractivity contribution in [1.82, 2.24) is 15.2 Å². The lowest BCUT2D eigenvalue weighted by atomic mass is 9.94. The van der Waals surface area contributed by atoms with Crippen LogP contribution in [0.3, 0.4) is 0 Å². The van der Waals surface area contributed by atoms with Crippen LogP contribution in [0.2, 0.25) is 0 Å². The van der Waals surface area contributed by atoms with Crippen LogP contribution < -0.4 is 4.90 Å². The summed E-state index contributed by atoms with van der Waals surface area (Å²) < 4.78 is 0.692. The van der Waals surface area contributed by atoms with Crippen molar-refractivity contribution >= 4 is 51.3 Å². The lowest BCUT2D eigenvalue weighted by molar-refractivity contribution is -0.117. The van der Waals surface area contributed by atoms with Gasteiger partial charge in [0.25, 0.3) is 5.91 Å². The van der Waals surface area contributed by atoms with E-state index in [-0.39, 0.29) is 5.57 Å². The number of Topliss-reactive ketones (excluding diaryl/α,β-unsaturated/α-hetero) is 1. The number of thiazole rings is 1. The van der Waals surface area contributed by atoms with Crippen LogP contribution in [0.25, 0.3) is 0 Å². The van der Waals surface area contributed by atoms with Crippen molar-refractivity contribution in [1.29, 1.82) is 0 Å². The van der Waals surface area contributed by atoms with Crippen LogP contribution in [0.4, 0.5) is 5.13 Å². The zero-order valence-corrected chi connectivity index (χ0v) is 22.2. The predicted octanol–water partition coefficient (Wildman–Crippen LogP) is 6.00. The number of hydrogen-bond donors (Lipinski definition) is 1. The van der Waals surface area contributed by atoms with E-state index in [1.807, 2.05) is 68.4 Å². The first-order valence-corrected chi connectivity index (χ1v) is 13.8. The molecule has 1 aliphatic heterocycles. The first-order valence-electron chi connectivity index (χ1n) is 11.2. The SMILES string of the molecule is Cc1ccc(C2C(C(=O)c3sc(C)nc3C)=C(O)C(=O)N2c2nnc(SCc3ccccc3)s2)cc1. The van der Waals surface area contributed by atoms with E-state index in [1.54, 1.807) is 6.92 Å². The summed E-state index contributed by atoms with van der Waals surface area (Å²) in [5, 5.41) is 20.6. The van der Waals surface area contributed by atoms with Crippen molar-refractivity contribution in [2.24, 2.45) is 0 Å². The van der Waals surface area contributed by atoms with Crippen molar-refractivity contribution in [3.8, 4) is 0 Å². The number of amides is 1. The minimum absolute atomic E-state index is 0.0318. The molecule has 182 valence electrons. The fourth-order valence-corrected chi connectivity index (χ4v) is 6.74. The normalized spacial score (nSPS) is 15.7. The average Bonchev–Trinajstić information content (AvgIpc) is 3.54. The van der Waals surface area contributed by atoms with Crippen molar-refractivity contribution in [2.75, 3.05) is 4.90 Å². The second-order valence-electron chi connectivity index (χ2n) is 8.35. The Morgan fingerprint density at radius 2 is 1.75 bits per heavy atom. The Hall–Kier alpha value is -3.34. The highest BCUT2D eigenvalue weighted by atomic mass is 32.2. The summed E-state index contributed by atoms with van der Waals surface area (Å²) in [6, 6.07) is 16.7. The van der Waals surface area contributed by atoms with Gasteiger partial charge in [-0.25, -0.2) is 4.98 Å². The summed E-state index contributed by atoms with van der Waals surface area (Å²) in [6.07, 6.45) is 0. The van der Waals surface area contributed by atoms with Crippen LogP contribution in [0.15, 0.2) is 70.3 Å². The molecule has 2 aromatic carbocycles. The van der Waals surface area contributed by atoms with Crippen molar-refractivity contribution in [3.05, 3.63) is 98.2 Å². The number of aliphatic hydroxyl groups is 1. The van der Waals surface area contributed by atoms with Crippen LogP contribution in [-0.2, 0) is 10.5 Å². The minimum Gasteiger partial charge on any atom is -0.503 e. The number of rotatable bonds is 7. The molecule has 3 heterocycles. The Morgan fingerprint density at radius 3 is 2.42 bits per heavy atom. The van der Waals surface area contributed by atoms with E-state index in [4.69, 9.17) is 0 Å². The third-order valence-corrected chi connectivity index (χ3v) is 8.96. The molecule has 0 radical (unpaired) electrons. The minimum atomic E-state index is -0.827. The smallest absolute Gasteiger partial charge is 0.296 e. The summed E-state index contributed by atoms with van der Waals surface area (Å²) in [4.78, 5) is 33.2. The summed E-state index contributed by atoms with van der Waals surface area (Å²) in [6.45, 7) is 5.54. The Balaban J connectivity index is 1.52. The van der Waals surface area contributed by atoms with Crippen LogP contribution >= 0.6 is 34.4 Å². The predicted molar refractivity (Wildman–Crippen MR) is 143 cm³/mol. The number of hydrogen-bond acceptors (Lipinski definition) is 9. The number of aliphatic hydroxyl groups excluding tert-OH is 1. The van der Waals surface area contributed by atoms with E-state index in [1.165, 1.54) is 39.3 Å². The number of anilines is 1. The Bertz CT molecular complexity index is 1480. The fourth-order valence-electron chi connectivity index (χ4n) is 4.04. The number of nitrogens with zero attached hydrogens (tertiary/aromatic N) is 4. The van der Waals surface area contributed by atoms with Gasteiger partial charge in [0.15, 0.2) is 10.1 Å². The van der Waals surface area contributed by atoms with E-state index in [9.17, 15) is 14.7 Å². The maximum atomic E-state index is 13.7. The molecule has 0 saturated heterocycles. The molecule has 0 bridgehead atoms. The molecule has 0 spiro atoms. The van der Waals surface area contributed by atoms with E-state index in [0.29, 0.717) is 31.4 Å². The highest BCUT2D eigenvalue weighted by Crippen LogP contribution is 2.44. The molecule has 7 nitrogen and oxygen atoms in total. The van der Waals surface area contributed by atoms with E-state index in [0.717, 1.165) is 16.1 Å². The molecule has 4 aromatic rings. The van der Waals surface area contributed by atoms with Gasteiger partial charge in [0.2, 0.25) is 10.9 Å². The van der Waals surface area contributed by atoms with E-state index >= 15 is 0 Å². The molecule has 0 fully saturated rings. The van der Waals surface area contributed by atoms with Gasteiger partial charge < -0.3 is 5.11 Å². The Kier molecular flexibility index (Phi) is 6.74.